The van der Waals surface area contributed by atoms with E-state index < -0.39 is 0 Å². The minimum absolute atomic E-state index is 0.0576. The van der Waals surface area contributed by atoms with Crippen molar-refractivity contribution in [1.29, 1.82) is 0 Å². The molecule has 0 amide bonds. The van der Waals surface area contributed by atoms with Crippen LogP contribution in [-0.4, -0.2) is 17.6 Å². The summed E-state index contributed by atoms with van der Waals surface area (Å²) in [5.41, 5.74) is 7.74. The number of benzene rings is 1. The van der Waals surface area contributed by atoms with E-state index in [1.807, 2.05) is 17.5 Å². The monoisotopic (exact) mass is 266 g/mol. The molecule has 1 aromatic carbocycles. The number of nitrogens with two attached hydrogens (primary N) is 1. The van der Waals surface area contributed by atoms with E-state index in [4.69, 9.17) is 22.1 Å². The molecule has 1 atom stereocenters. The lowest BCUT2D eigenvalue weighted by Crippen LogP contribution is -2.24. The Morgan fingerprint density at radius 3 is 3.12 bits per heavy atom. The van der Waals surface area contributed by atoms with Gasteiger partial charge in [0.05, 0.1) is 5.56 Å². The predicted octanol–water partition coefficient (Wildman–Crippen LogP) is 2.73. The highest BCUT2D eigenvalue weighted by Gasteiger charge is 2.26. The van der Waals surface area contributed by atoms with Gasteiger partial charge in [-0.1, -0.05) is 11.6 Å². The third kappa shape index (κ3) is 1.92. The fourth-order valence-corrected chi connectivity index (χ4v) is 2.93. The Morgan fingerprint density at radius 1 is 1.53 bits per heavy atom. The molecule has 0 fully saturated rings. The Balaban J connectivity index is 2.12. The summed E-state index contributed by atoms with van der Waals surface area (Å²) in [6.07, 6.45) is 2.66. The zero-order chi connectivity index (χ0) is 11.8. The maximum Gasteiger partial charge on any atom is 0.133 e. The lowest BCUT2D eigenvalue weighted by atomic mass is 10.1. The van der Waals surface area contributed by atoms with E-state index in [-0.39, 0.29) is 6.10 Å². The van der Waals surface area contributed by atoms with E-state index in [2.05, 4.69) is 4.98 Å². The van der Waals surface area contributed by atoms with Crippen molar-refractivity contribution >= 4 is 22.9 Å². The van der Waals surface area contributed by atoms with Crippen LogP contribution in [0, 0.1) is 0 Å². The molecular formula is C12H11ClN2OS. The van der Waals surface area contributed by atoms with Crippen LogP contribution in [0.4, 0.5) is 0 Å². The summed E-state index contributed by atoms with van der Waals surface area (Å²) in [7, 11) is 0. The minimum atomic E-state index is 0.0576. The van der Waals surface area contributed by atoms with Crippen LogP contribution in [0.3, 0.4) is 0 Å². The molecule has 5 heteroatoms. The molecule has 17 heavy (non-hydrogen) atoms. The molecule has 1 aromatic heterocycles. The minimum Gasteiger partial charge on any atom is -0.488 e. The van der Waals surface area contributed by atoms with Gasteiger partial charge in [0, 0.05) is 35.1 Å². The van der Waals surface area contributed by atoms with Gasteiger partial charge in [0.1, 0.15) is 16.9 Å². The van der Waals surface area contributed by atoms with Crippen molar-refractivity contribution in [1.82, 2.24) is 4.98 Å². The Morgan fingerprint density at radius 2 is 2.41 bits per heavy atom. The zero-order valence-corrected chi connectivity index (χ0v) is 10.6. The summed E-state index contributed by atoms with van der Waals surface area (Å²) >= 11 is 7.70. The topological polar surface area (TPSA) is 48.1 Å². The average Bonchev–Trinajstić information content (AvgIpc) is 2.96. The SMILES string of the molecule is NC[C@@H]1Cc2cc(Cl)cc(-c3nccs3)c2O1. The normalized spacial score (nSPS) is 17.9. The Hall–Kier alpha value is -1.10. The third-order valence-electron chi connectivity index (χ3n) is 2.79. The first-order valence-electron chi connectivity index (χ1n) is 5.37. The molecule has 2 N–H and O–H groups in total. The number of rotatable bonds is 2. The Bertz CT molecular complexity index is 542. The van der Waals surface area contributed by atoms with Crippen molar-refractivity contribution in [3.63, 3.8) is 0 Å². The fourth-order valence-electron chi connectivity index (χ4n) is 2.04. The number of thiazole rings is 1. The smallest absolute Gasteiger partial charge is 0.133 e. The summed E-state index contributed by atoms with van der Waals surface area (Å²) in [6, 6.07) is 3.85. The van der Waals surface area contributed by atoms with Crippen LogP contribution in [0.5, 0.6) is 5.75 Å². The van der Waals surface area contributed by atoms with E-state index in [9.17, 15) is 0 Å². The molecule has 3 rings (SSSR count). The highest BCUT2D eigenvalue weighted by molar-refractivity contribution is 7.13. The second kappa shape index (κ2) is 4.29. The number of halogens is 1. The van der Waals surface area contributed by atoms with Crippen molar-refractivity contribution < 1.29 is 4.74 Å². The molecule has 0 unspecified atom stereocenters. The molecule has 1 aliphatic heterocycles. The van der Waals surface area contributed by atoms with Gasteiger partial charge in [-0.05, 0) is 12.1 Å². The third-order valence-corrected chi connectivity index (χ3v) is 3.81. The lowest BCUT2D eigenvalue weighted by molar-refractivity contribution is 0.242. The van der Waals surface area contributed by atoms with Crippen molar-refractivity contribution in [2.45, 2.75) is 12.5 Å². The molecule has 3 nitrogen and oxygen atoms in total. The van der Waals surface area contributed by atoms with E-state index >= 15 is 0 Å². The number of aromatic nitrogens is 1. The molecule has 0 radical (unpaired) electrons. The lowest BCUT2D eigenvalue weighted by Gasteiger charge is -2.09. The van der Waals surface area contributed by atoms with Crippen LogP contribution in [0.15, 0.2) is 23.7 Å². The first-order chi connectivity index (χ1) is 8.28. The van der Waals surface area contributed by atoms with Crippen LogP contribution in [0.2, 0.25) is 5.02 Å². The van der Waals surface area contributed by atoms with Gasteiger partial charge in [-0.2, -0.15) is 0 Å². The summed E-state index contributed by atoms with van der Waals surface area (Å²) < 4.78 is 5.85. The van der Waals surface area contributed by atoms with E-state index in [1.54, 1.807) is 17.5 Å². The van der Waals surface area contributed by atoms with Crippen molar-refractivity contribution in [2.75, 3.05) is 6.54 Å². The van der Waals surface area contributed by atoms with Crippen molar-refractivity contribution in [3.8, 4) is 16.3 Å². The Kier molecular flexibility index (Phi) is 2.78. The molecule has 1 aliphatic rings. The van der Waals surface area contributed by atoms with Crippen LogP contribution < -0.4 is 10.5 Å². The molecular weight excluding hydrogens is 256 g/mol. The molecule has 0 bridgehead atoms. The quantitative estimate of drug-likeness (QED) is 0.909. The molecule has 0 saturated heterocycles. The second-order valence-electron chi connectivity index (χ2n) is 3.96. The molecule has 2 heterocycles. The average molecular weight is 267 g/mol. The molecule has 0 aliphatic carbocycles. The summed E-state index contributed by atoms with van der Waals surface area (Å²) in [6.45, 7) is 0.517. The molecule has 0 spiro atoms. The summed E-state index contributed by atoms with van der Waals surface area (Å²) in [5.74, 6) is 0.889. The maximum absolute atomic E-state index is 6.13. The molecule has 2 aromatic rings. The van der Waals surface area contributed by atoms with Crippen LogP contribution in [0.1, 0.15) is 5.56 Å². The summed E-state index contributed by atoms with van der Waals surface area (Å²) in [5, 5.41) is 3.59. The van der Waals surface area contributed by atoms with Gasteiger partial charge < -0.3 is 10.5 Å². The molecule has 0 saturated carbocycles. The largest absolute Gasteiger partial charge is 0.488 e. The number of hydrogen-bond acceptors (Lipinski definition) is 4. The van der Waals surface area contributed by atoms with Crippen molar-refractivity contribution in [2.24, 2.45) is 5.73 Å². The van der Waals surface area contributed by atoms with Gasteiger partial charge in [-0.25, -0.2) is 4.98 Å². The first kappa shape index (κ1) is 11.0. The van der Waals surface area contributed by atoms with Gasteiger partial charge >= 0.3 is 0 Å². The van der Waals surface area contributed by atoms with Gasteiger partial charge in [-0.3, -0.25) is 0 Å². The zero-order valence-electron chi connectivity index (χ0n) is 9.02. The van der Waals surface area contributed by atoms with Gasteiger partial charge in [-0.15, -0.1) is 11.3 Å². The number of ether oxygens (including phenoxy) is 1. The fraction of sp³-hybridized carbons (Fsp3) is 0.250. The number of fused-ring (bicyclic) bond motifs is 1. The molecule has 88 valence electrons. The van der Waals surface area contributed by atoms with E-state index in [1.165, 1.54) is 0 Å². The highest BCUT2D eigenvalue weighted by atomic mass is 35.5. The first-order valence-corrected chi connectivity index (χ1v) is 6.62. The van der Waals surface area contributed by atoms with Crippen molar-refractivity contribution in [3.05, 3.63) is 34.3 Å². The van der Waals surface area contributed by atoms with Gasteiger partial charge in [0.2, 0.25) is 0 Å². The van der Waals surface area contributed by atoms with Gasteiger partial charge in [0.25, 0.3) is 0 Å². The Labute approximate surface area is 108 Å². The predicted molar refractivity (Wildman–Crippen MR) is 69.7 cm³/mol. The van der Waals surface area contributed by atoms with Gasteiger partial charge in [0.15, 0.2) is 0 Å². The van der Waals surface area contributed by atoms with Crippen LogP contribution in [0.25, 0.3) is 10.6 Å². The van der Waals surface area contributed by atoms with Crippen LogP contribution >= 0.6 is 22.9 Å². The summed E-state index contributed by atoms with van der Waals surface area (Å²) in [4.78, 5) is 4.30. The number of nitrogens with zero attached hydrogens (tertiary/aromatic N) is 1. The van der Waals surface area contributed by atoms with E-state index in [0.717, 1.165) is 33.3 Å². The standard InChI is InChI=1S/C12H11ClN2OS/c13-8-3-7-4-9(6-14)16-11(7)10(5-8)12-15-1-2-17-12/h1-3,5,9H,4,6,14H2/t9-/m0/s1. The van der Waals surface area contributed by atoms with E-state index in [0.29, 0.717) is 6.54 Å². The highest BCUT2D eigenvalue weighted by Crippen LogP contribution is 2.41. The second-order valence-corrected chi connectivity index (χ2v) is 5.29. The van der Waals surface area contributed by atoms with Crippen LogP contribution in [-0.2, 0) is 6.42 Å². The number of hydrogen-bond donors (Lipinski definition) is 1. The maximum atomic E-state index is 6.13.